The van der Waals surface area contributed by atoms with Crippen molar-refractivity contribution in [1.29, 1.82) is 0 Å². The summed E-state index contributed by atoms with van der Waals surface area (Å²) < 4.78 is 0. The number of hydrogen-bond donors (Lipinski definition) is 2. The van der Waals surface area contributed by atoms with Gasteiger partial charge in [0.1, 0.15) is 0 Å². The third-order valence-corrected chi connectivity index (χ3v) is 4.07. The van der Waals surface area contributed by atoms with E-state index in [0.29, 0.717) is 13.0 Å². The number of piperidine rings is 1. The molecule has 2 unspecified atom stereocenters. The van der Waals surface area contributed by atoms with Crippen LogP contribution in [0.4, 0.5) is 5.69 Å². The molecule has 1 aromatic carbocycles. The van der Waals surface area contributed by atoms with Crippen LogP contribution >= 0.6 is 0 Å². The zero-order valence-electron chi connectivity index (χ0n) is 13.0. The quantitative estimate of drug-likeness (QED) is 0.876. The monoisotopic (exact) mass is 290 g/mol. The Morgan fingerprint density at radius 1 is 1.43 bits per heavy atom. The van der Waals surface area contributed by atoms with E-state index in [1.807, 2.05) is 31.2 Å². The van der Waals surface area contributed by atoms with Gasteiger partial charge in [0.15, 0.2) is 0 Å². The van der Waals surface area contributed by atoms with Crippen LogP contribution in [0.2, 0.25) is 0 Å². The van der Waals surface area contributed by atoms with Gasteiger partial charge in [-0.3, -0.25) is 4.79 Å². The van der Waals surface area contributed by atoms with Gasteiger partial charge in [0.2, 0.25) is 5.91 Å². The number of rotatable bonds is 5. The highest BCUT2D eigenvalue weighted by atomic mass is 16.3. The lowest BCUT2D eigenvalue weighted by Gasteiger charge is -2.32. The fourth-order valence-corrected chi connectivity index (χ4v) is 2.84. The third-order valence-electron chi connectivity index (χ3n) is 4.07. The highest BCUT2D eigenvalue weighted by Gasteiger charge is 2.19. The van der Waals surface area contributed by atoms with E-state index >= 15 is 0 Å². The van der Waals surface area contributed by atoms with Crippen LogP contribution in [0.3, 0.4) is 0 Å². The van der Waals surface area contributed by atoms with Crippen LogP contribution in [0.15, 0.2) is 24.3 Å². The molecule has 1 fully saturated rings. The molecule has 0 aromatic heterocycles. The summed E-state index contributed by atoms with van der Waals surface area (Å²) >= 11 is 0. The number of hydrogen-bond acceptors (Lipinski definition) is 3. The lowest BCUT2D eigenvalue weighted by atomic mass is 9.99. The molecule has 2 rings (SSSR count). The molecular weight excluding hydrogens is 264 g/mol. The summed E-state index contributed by atoms with van der Waals surface area (Å²) in [7, 11) is 0. The first-order valence-electron chi connectivity index (χ1n) is 7.88. The molecule has 0 aliphatic carbocycles. The van der Waals surface area contributed by atoms with Crippen LogP contribution in [0.1, 0.15) is 44.8 Å². The number of anilines is 1. The smallest absolute Gasteiger partial charge is 0.224 e. The number of aliphatic hydroxyl groups is 1. The Bertz CT molecular complexity index is 458. The minimum atomic E-state index is -0.466. The molecule has 1 saturated heterocycles. The highest BCUT2D eigenvalue weighted by molar-refractivity contribution is 5.90. The molecule has 0 saturated carbocycles. The maximum absolute atomic E-state index is 11.3. The second-order valence-corrected chi connectivity index (χ2v) is 6.05. The van der Waals surface area contributed by atoms with Crippen molar-refractivity contribution in [3.8, 4) is 0 Å². The van der Waals surface area contributed by atoms with Crippen LogP contribution in [0.25, 0.3) is 0 Å². The van der Waals surface area contributed by atoms with Crippen molar-refractivity contribution in [3.63, 3.8) is 0 Å². The van der Waals surface area contributed by atoms with Crippen molar-refractivity contribution < 1.29 is 9.90 Å². The number of benzene rings is 1. The van der Waals surface area contributed by atoms with Crippen LogP contribution < -0.4 is 5.32 Å². The average molecular weight is 290 g/mol. The predicted octanol–water partition coefficient (Wildman–Crippen LogP) is 2.80. The maximum Gasteiger partial charge on any atom is 0.224 e. The summed E-state index contributed by atoms with van der Waals surface area (Å²) in [5.41, 5.74) is 1.69. The van der Waals surface area contributed by atoms with Crippen molar-refractivity contribution in [2.45, 2.75) is 39.2 Å². The molecule has 4 heteroatoms. The summed E-state index contributed by atoms with van der Waals surface area (Å²) in [6.07, 6.45) is 2.51. The summed E-state index contributed by atoms with van der Waals surface area (Å²) in [5.74, 6) is 0.725. The van der Waals surface area contributed by atoms with Gasteiger partial charge in [-0.2, -0.15) is 0 Å². The molecule has 0 radical (unpaired) electrons. The van der Waals surface area contributed by atoms with E-state index in [1.54, 1.807) is 0 Å². The minimum absolute atomic E-state index is 0.00519. The molecule has 1 amide bonds. The first-order chi connectivity index (χ1) is 10.1. The Kier molecular flexibility index (Phi) is 5.76. The molecule has 21 heavy (non-hydrogen) atoms. The molecule has 0 bridgehead atoms. The third kappa shape index (κ3) is 4.83. The van der Waals surface area contributed by atoms with Crippen LogP contribution in [-0.4, -0.2) is 35.5 Å². The lowest BCUT2D eigenvalue weighted by Crippen LogP contribution is -2.37. The summed E-state index contributed by atoms with van der Waals surface area (Å²) in [6, 6.07) is 7.49. The Morgan fingerprint density at radius 3 is 2.76 bits per heavy atom. The number of carbonyl (C=O) groups excluding carboxylic acids is 1. The molecule has 2 atom stereocenters. The Hall–Kier alpha value is -1.39. The van der Waals surface area contributed by atoms with Crippen molar-refractivity contribution >= 4 is 11.6 Å². The molecule has 116 valence electrons. The van der Waals surface area contributed by atoms with Gasteiger partial charge in [0, 0.05) is 25.2 Å². The van der Waals surface area contributed by atoms with Crippen molar-refractivity contribution in [2.75, 3.05) is 25.0 Å². The fourth-order valence-electron chi connectivity index (χ4n) is 2.84. The van der Waals surface area contributed by atoms with Gasteiger partial charge < -0.3 is 15.3 Å². The number of likely N-dealkylation sites (tertiary alicyclic amines) is 1. The molecule has 0 spiro atoms. The Labute approximate surface area is 127 Å². The number of nitrogens with zero attached hydrogens (tertiary/aromatic N) is 1. The minimum Gasteiger partial charge on any atom is -0.387 e. The second kappa shape index (κ2) is 7.57. The van der Waals surface area contributed by atoms with E-state index in [4.69, 9.17) is 0 Å². The van der Waals surface area contributed by atoms with E-state index < -0.39 is 6.10 Å². The zero-order valence-corrected chi connectivity index (χ0v) is 13.0. The highest BCUT2D eigenvalue weighted by Crippen LogP contribution is 2.21. The van der Waals surface area contributed by atoms with Gasteiger partial charge in [-0.05, 0) is 43.0 Å². The molecule has 4 nitrogen and oxygen atoms in total. The van der Waals surface area contributed by atoms with Gasteiger partial charge in [0.25, 0.3) is 0 Å². The summed E-state index contributed by atoms with van der Waals surface area (Å²) in [4.78, 5) is 13.7. The van der Waals surface area contributed by atoms with E-state index in [0.717, 1.165) is 30.3 Å². The van der Waals surface area contributed by atoms with Gasteiger partial charge in [0.05, 0.1) is 6.10 Å². The molecule has 1 aliphatic rings. The van der Waals surface area contributed by atoms with E-state index in [-0.39, 0.29) is 5.91 Å². The Morgan fingerprint density at radius 2 is 2.14 bits per heavy atom. The predicted molar refractivity (Wildman–Crippen MR) is 85.2 cm³/mol. The van der Waals surface area contributed by atoms with Crippen LogP contribution in [-0.2, 0) is 4.79 Å². The number of aliphatic hydroxyl groups excluding tert-OH is 1. The molecule has 1 heterocycles. The Balaban J connectivity index is 1.90. The number of amides is 1. The summed E-state index contributed by atoms with van der Waals surface area (Å²) in [5, 5.41) is 13.2. The normalized spacial score (nSPS) is 21.0. The van der Waals surface area contributed by atoms with E-state index in [2.05, 4.69) is 17.1 Å². The van der Waals surface area contributed by atoms with Gasteiger partial charge in [-0.15, -0.1) is 0 Å². The second-order valence-electron chi connectivity index (χ2n) is 6.05. The van der Waals surface area contributed by atoms with Crippen molar-refractivity contribution in [3.05, 3.63) is 29.8 Å². The van der Waals surface area contributed by atoms with Crippen LogP contribution in [0.5, 0.6) is 0 Å². The van der Waals surface area contributed by atoms with Crippen molar-refractivity contribution in [2.24, 2.45) is 5.92 Å². The van der Waals surface area contributed by atoms with Crippen molar-refractivity contribution in [1.82, 2.24) is 4.90 Å². The van der Waals surface area contributed by atoms with Gasteiger partial charge >= 0.3 is 0 Å². The molecule has 1 aromatic rings. The van der Waals surface area contributed by atoms with E-state index in [9.17, 15) is 9.90 Å². The average Bonchev–Trinajstić information content (AvgIpc) is 2.47. The number of β-amino-alcohol motifs (C(OH)–C–C–N with tert-alkyl or cyclic N) is 1. The molecule has 1 aliphatic heterocycles. The topological polar surface area (TPSA) is 52.6 Å². The number of nitrogens with one attached hydrogen (secondary N) is 1. The molecule has 2 N–H and O–H groups in total. The fraction of sp³-hybridized carbons (Fsp3) is 0.588. The largest absolute Gasteiger partial charge is 0.387 e. The lowest BCUT2D eigenvalue weighted by molar-refractivity contribution is -0.115. The maximum atomic E-state index is 11.3. The number of carbonyl (C=O) groups is 1. The standard InChI is InChI=1S/C17H26N2O2/c1-3-17(21)18-15-8-6-14(7-9-15)16(20)12-19-10-4-5-13(2)11-19/h6-9,13,16,20H,3-5,10-12H2,1-2H3,(H,18,21). The van der Waals surface area contributed by atoms with E-state index in [1.165, 1.54) is 12.8 Å². The van der Waals surface area contributed by atoms with Gasteiger partial charge in [-0.1, -0.05) is 26.0 Å². The zero-order chi connectivity index (χ0) is 15.2. The SMILES string of the molecule is CCC(=O)Nc1ccc(C(O)CN2CCCC(C)C2)cc1. The first kappa shape index (κ1) is 16.0. The first-order valence-corrected chi connectivity index (χ1v) is 7.88. The summed E-state index contributed by atoms with van der Waals surface area (Å²) in [6.45, 7) is 6.93. The van der Waals surface area contributed by atoms with Crippen LogP contribution in [0, 0.1) is 5.92 Å². The molecular formula is C17H26N2O2. The van der Waals surface area contributed by atoms with Gasteiger partial charge in [-0.25, -0.2) is 0 Å².